The highest BCUT2D eigenvalue weighted by Gasteiger charge is 2.04. The van der Waals surface area contributed by atoms with Gasteiger partial charge in [0, 0.05) is 28.3 Å². The van der Waals surface area contributed by atoms with Crippen molar-refractivity contribution < 1.29 is 4.79 Å². The van der Waals surface area contributed by atoms with Gasteiger partial charge in [0.1, 0.15) is 0 Å². The zero-order valence-electron chi connectivity index (χ0n) is 16.2. The zero-order valence-corrected chi connectivity index (χ0v) is 17.0. The third-order valence-corrected chi connectivity index (χ3v) is 4.14. The quantitative estimate of drug-likeness (QED) is 0.566. The molecule has 3 aromatic carbocycles. The summed E-state index contributed by atoms with van der Waals surface area (Å²) in [5.74, 6) is 6.13. The van der Waals surface area contributed by atoms with Gasteiger partial charge in [-0.25, -0.2) is 0 Å². The summed E-state index contributed by atoms with van der Waals surface area (Å²) < 4.78 is 0. The minimum Gasteiger partial charge on any atom is -0.352 e. The number of carbonyl (C=O) groups excluding carboxylic acids is 1. The van der Waals surface area contributed by atoms with Gasteiger partial charge in [0.25, 0.3) is 5.91 Å². The predicted molar refractivity (Wildman–Crippen MR) is 118 cm³/mol. The summed E-state index contributed by atoms with van der Waals surface area (Å²) in [6.45, 7) is 4.58. The van der Waals surface area contributed by atoms with Gasteiger partial charge in [-0.2, -0.15) is 0 Å². The van der Waals surface area contributed by atoms with Crippen LogP contribution < -0.4 is 5.32 Å². The third-order valence-electron chi connectivity index (χ3n) is 3.88. The van der Waals surface area contributed by atoms with Crippen LogP contribution in [0, 0.1) is 11.8 Å². The zero-order chi connectivity index (χ0) is 20.2. The molecule has 0 saturated heterocycles. The van der Waals surface area contributed by atoms with E-state index in [1.807, 2.05) is 80.6 Å². The van der Waals surface area contributed by atoms with Crippen LogP contribution in [0.15, 0.2) is 78.9 Å². The molecule has 0 fully saturated rings. The molecular weight excluding hydrogens is 366 g/mol. The van der Waals surface area contributed by atoms with Gasteiger partial charge >= 0.3 is 0 Å². The molecule has 3 rings (SSSR count). The van der Waals surface area contributed by atoms with Crippen molar-refractivity contribution in [1.82, 2.24) is 5.32 Å². The molecule has 3 heteroatoms. The van der Waals surface area contributed by atoms with Gasteiger partial charge in [-0.15, -0.1) is 0 Å². The number of nitrogens with one attached hydrogen (secondary N) is 1. The molecule has 0 unspecified atom stereocenters. The molecule has 1 N–H and O–H groups in total. The van der Waals surface area contributed by atoms with E-state index in [2.05, 4.69) is 17.2 Å². The van der Waals surface area contributed by atoms with Crippen LogP contribution >= 0.6 is 11.6 Å². The van der Waals surface area contributed by atoms with Crippen molar-refractivity contribution in [3.05, 3.63) is 106 Å². The van der Waals surface area contributed by atoms with Gasteiger partial charge in [-0.1, -0.05) is 67.6 Å². The van der Waals surface area contributed by atoms with E-state index in [9.17, 15) is 4.79 Å². The van der Waals surface area contributed by atoms with E-state index >= 15 is 0 Å². The maximum absolute atomic E-state index is 12.2. The highest BCUT2D eigenvalue weighted by molar-refractivity contribution is 6.30. The maximum atomic E-state index is 12.2. The molecule has 0 aliphatic rings. The Kier molecular flexibility index (Phi) is 8.85. The topological polar surface area (TPSA) is 29.1 Å². The standard InChI is InChI=1S/C23H18ClNO.C2H6/c24-22-14-10-20(11-15-22)16-17-25-23(26)21-12-8-19(9-13-21)7-6-18-4-2-1-3-5-18;1-2/h1-5,8-15H,16-17H2,(H,25,26);1-2H3. The van der Waals surface area contributed by atoms with E-state index in [1.54, 1.807) is 12.1 Å². The number of amides is 1. The Morgan fingerprint density at radius 2 is 1.39 bits per heavy atom. The van der Waals surface area contributed by atoms with Crippen molar-refractivity contribution in [2.45, 2.75) is 20.3 Å². The fraction of sp³-hybridized carbons (Fsp3) is 0.160. The summed E-state index contributed by atoms with van der Waals surface area (Å²) in [7, 11) is 0. The molecule has 0 aliphatic heterocycles. The monoisotopic (exact) mass is 389 g/mol. The van der Waals surface area contributed by atoms with E-state index in [4.69, 9.17) is 11.6 Å². The van der Waals surface area contributed by atoms with Crippen LogP contribution in [0.3, 0.4) is 0 Å². The van der Waals surface area contributed by atoms with Crippen molar-refractivity contribution in [2.75, 3.05) is 6.54 Å². The summed E-state index contributed by atoms with van der Waals surface area (Å²) in [5.41, 5.74) is 3.62. The number of halogens is 1. The van der Waals surface area contributed by atoms with E-state index in [-0.39, 0.29) is 5.91 Å². The van der Waals surface area contributed by atoms with Crippen molar-refractivity contribution in [3.8, 4) is 11.8 Å². The summed E-state index contributed by atoms with van der Waals surface area (Å²) in [6.07, 6.45) is 0.767. The van der Waals surface area contributed by atoms with Gasteiger partial charge in [-0.05, 0) is 60.5 Å². The minimum atomic E-state index is -0.0819. The van der Waals surface area contributed by atoms with Crippen molar-refractivity contribution >= 4 is 17.5 Å². The second-order valence-electron chi connectivity index (χ2n) is 5.83. The molecule has 1 amide bonds. The van der Waals surface area contributed by atoms with E-state index < -0.39 is 0 Å². The molecule has 0 aromatic heterocycles. The summed E-state index contributed by atoms with van der Waals surface area (Å²) >= 11 is 5.87. The third kappa shape index (κ3) is 6.95. The first-order chi connectivity index (χ1) is 13.7. The van der Waals surface area contributed by atoms with Gasteiger partial charge < -0.3 is 5.32 Å². The molecule has 0 saturated carbocycles. The fourth-order valence-electron chi connectivity index (χ4n) is 2.44. The largest absolute Gasteiger partial charge is 0.352 e. The summed E-state index contributed by atoms with van der Waals surface area (Å²) in [6, 6.07) is 24.8. The SMILES string of the molecule is CC.O=C(NCCc1ccc(Cl)cc1)c1ccc(C#Cc2ccccc2)cc1. The molecule has 2 nitrogen and oxygen atoms in total. The highest BCUT2D eigenvalue weighted by Crippen LogP contribution is 2.10. The molecule has 0 atom stereocenters. The first-order valence-corrected chi connectivity index (χ1v) is 9.78. The molecule has 0 bridgehead atoms. The average molecular weight is 390 g/mol. The van der Waals surface area contributed by atoms with Gasteiger partial charge in [0.15, 0.2) is 0 Å². The molecule has 28 heavy (non-hydrogen) atoms. The van der Waals surface area contributed by atoms with Gasteiger partial charge in [0.05, 0.1) is 0 Å². The average Bonchev–Trinajstić information content (AvgIpc) is 2.76. The Morgan fingerprint density at radius 1 is 0.821 bits per heavy atom. The normalized spacial score (nSPS) is 9.39. The Labute approximate surface area is 172 Å². The fourth-order valence-corrected chi connectivity index (χ4v) is 2.57. The molecule has 0 aliphatic carbocycles. The van der Waals surface area contributed by atoms with Crippen LogP contribution in [0.5, 0.6) is 0 Å². The van der Waals surface area contributed by atoms with Crippen LogP contribution in [0.2, 0.25) is 5.02 Å². The Bertz CT molecular complexity index is 920. The van der Waals surface area contributed by atoms with Crippen LogP contribution in [0.25, 0.3) is 0 Å². The lowest BCUT2D eigenvalue weighted by molar-refractivity contribution is 0.0954. The number of hydrogen-bond acceptors (Lipinski definition) is 1. The lowest BCUT2D eigenvalue weighted by Gasteiger charge is -2.06. The Morgan fingerprint density at radius 3 is 2.00 bits per heavy atom. The minimum absolute atomic E-state index is 0.0819. The lowest BCUT2D eigenvalue weighted by atomic mass is 10.1. The molecule has 3 aromatic rings. The maximum Gasteiger partial charge on any atom is 0.251 e. The number of rotatable bonds is 4. The number of carbonyl (C=O) groups is 1. The van der Waals surface area contributed by atoms with Crippen molar-refractivity contribution in [3.63, 3.8) is 0 Å². The summed E-state index contributed by atoms with van der Waals surface area (Å²) in [5, 5.41) is 3.65. The Hall–Kier alpha value is -3.02. The van der Waals surface area contributed by atoms with Crippen molar-refractivity contribution in [2.24, 2.45) is 0 Å². The van der Waals surface area contributed by atoms with Crippen LogP contribution in [-0.4, -0.2) is 12.5 Å². The lowest BCUT2D eigenvalue weighted by Crippen LogP contribution is -2.25. The van der Waals surface area contributed by atoms with Crippen LogP contribution in [0.4, 0.5) is 0 Å². The number of hydrogen-bond donors (Lipinski definition) is 1. The second-order valence-corrected chi connectivity index (χ2v) is 6.26. The second kappa shape index (κ2) is 11.6. The van der Waals surface area contributed by atoms with E-state index in [0.29, 0.717) is 17.1 Å². The van der Waals surface area contributed by atoms with E-state index in [1.165, 1.54) is 0 Å². The van der Waals surface area contributed by atoms with Crippen molar-refractivity contribution in [1.29, 1.82) is 0 Å². The smallest absolute Gasteiger partial charge is 0.251 e. The highest BCUT2D eigenvalue weighted by atomic mass is 35.5. The summed E-state index contributed by atoms with van der Waals surface area (Å²) in [4.78, 5) is 12.2. The molecule has 0 spiro atoms. The molecular formula is C25H24ClNO. The number of benzene rings is 3. The molecule has 0 heterocycles. The predicted octanol–water partition coefficient (Wildman–Crippen LogP) is 5.74. The van der Waals surface area contributed by atoms with Crippen LogP contribution in [-0.2, 0) is 6.42 Å². The first kappa shape index (κ1) is 21.3. The Balaban J connectivity index is 0.00000136. The van der Waals surface area contributed by atoms with Gasteiger partial charge in [0.2, 0.25) is 0 Å². The first-order valence-electron chi connectivity index (χ1n) is 9.40. The van der Waals surface area contributed by atoms with Crippen LogP contribution in [0.1, 0.15) is 40.9 Å². The molecule has 0 radical (unpaired) electrons. The molecule has 142 valence electrons. The van der Waals surface area contributed by atoms with E-state index in [0.717, 1.165) is 23.1 Å². The van der Waals surface area contributed by atoms with Gasteiger partial charge in [-0.3, -0.25) is 4.79 Å².